The van der Waals surface area contributed by atoms with Crippen molar-refractivity contribution in [2.24, 2.45) is 5.41 Å². The number of nitro benzene ring substituents is 1. The van der Waals surface area contributed by atoms with Gasteiger partial charge in [0, 0.05) is 23.2 Å². The van der Waals surface area contributed by atoms with E-state index in [0.717, 1.165) is 16.8 Å². The molecule has 0 aromatic heterocycles. The maximum Gasteiger partial charge on any atom is 0.269 e. The maximum atomic E-state index is 13.3. The van der Waals surface area contributed by atoms with Crippen LogP contribution in [0.1, 0.15) is 30.9 Å². The lowest BCUT2D eigenvalue weighted by atomic mass is 9.93. The van der Waals surface area contributed by atoms with Crippen LogP contribution in [0.25, 0.3) is 0 Å². The second-order valence-electron chi connectivity index (χ2n) is 8.04. The highest BCUT2D eigenvalue weighted by Gasteiger charge is 2.45. The molecule has 0 bridgehead atoms. The lowest BCUT2D eigenvalue weighted by Crippen LogP contribution is -2.43. The fraction of sp³-hybridized carbons (Fsp3) is 0.381. The van der Waals surface area contributed by atoms with Crippen LogP contribution in [-0.2, 0) is 20.8 Å². The highest BCUT2D eigenvalue weighted by molar-refractivity contribution is 6.05. The molecule has 4 rings (SSSR count). The lowest BCUT2D eigenvalue weighted by Gasteiger charge is -2.36. The van der Waals surface area contributed by atoms with Crippen LogP contribution in [0.5, 0.6) is 0 Å². The summed E-state index contributed by atoms with van der Waals surface area (Å²) in [4.78, 5) is 25.4. The molecule has 1 saturated heterocycles. The van der Waals surface area contributed by atoms with Gasteiger partial charge in [-0.2, -0.15) is 0 Å². The Labute approximate surface area is 163 Å². The maximum absolute atomic E-state index is 13.3. The molecule has 1 atom stereocenters. The number of nitro groups is 1. The molecule has 0 N–H and O–H groups in total. The molecule has 28 heavy (non-hydrogen) atoms. The van der Waals surface area contributed by atoms with Gasteiger partial charge in [0.15, 0.2) is 6.29 Å². The number of para-hydroxylation sites is 1. The Hall–Kier alpha value is -2.77. The van der Waals surface area contributed by atoms with Crippen LogP contribution in [0.3, 0.4) is 0 Å². The Morgan fingerprint density at radius 3 is 2.39 bits per heavy atom. The van der Waals surface area contributed by atoms with E-state index in [1.165, 1.54) is 12.1 Å². The zero-order chi connectivity index (χ0) is 19.9. The van der Waals surface area contributed by atoms with Crippen molar-refractivity contribution in [2.45, 2.75) is 32.6 Å². The summed E-state index contributed by atoms with van der Waals surface area (Å²) in [6.45, 7) is 5.53. The molecule has 0 saturated carbocycles. The van der Waals surface area contributed by atoms with E-state index in [-0.39, 0.29) is 17.0 Å². The van der Waals surface area contributed by atoms with Crippen molar-refractivity contribution in [1.82, 2.24) is 0 Å². The van der Waals surface area contributed by atoms with Gasteiger partial charge in [-0.25, -0.2) is 0 Å². The number of hydrogen-bond acceptors (Lipinski definition) is 5. The minimum atomic E-state index is -0.608. The van der Waals surface area contributed by atoms with Gasteiger partial charge in [0.1, 0.15) is 5.92 Å². The number of rotatable bonds is 4. The number of hydrogen-bond donors (Lipinski definition) is 0. The first-order valence-corrected chi connectivity index (χ1v) is 9.23. The van der Waals surface area contributed by atoms with Gasteiger partial charge in [0.05, 0.1) is 24.7 Å². The molecule has 2 heterocycles. The Balaban J connectivity index is 1.59. The van der Waals surface area contributed by atoms with Crippen molar-refractivity contribution in [2.75, 3.05) is 18.1 Å². The summed E-state index contributed by atoms with van der Waals surface area (Å²) < 4.78 is 11.8. The third kappa shape index (κ3) is 3.39. The number of amides is 1. The Morgan fingerprint density at radius 2 is 1.75 bits per heavy atom. The van der Waals surface area contributed by atoms with Gasteiger partial charge in [0.25, 0.3) is 5.69 Å². The van der Waals surface area contributed by atoms with Crippen LogP contribution in [0.4, 0.5) is 11.4 Å². The fourth-order valence-electron chi connectivity index (χ4n) is 3.65. The molecular weight excluding hydrogens is 360 g/mol. The highest BCUT2D eigenvalue weighted by atomic mass is 16.7. The van der Waals surface area contributed by atoms with Crippen molar-refractivity contribution in [3.05, 3.63) is 69.8 Å². The van der Waals surface area contributed by atoms with Gasteiger partial charge < -0.3 is 14.4 Å². The molecule has 7 nitrogen and oxygen atoms in total. The average molecular weight is 382 g/mol. The quantitative estimate of drug-likeness (QED) is 0.596. The monoisotopic (exact) mass is 382 g/mol. The molecule has 1 fully saturated rings. The number of non-ortho nitro benzene ring substituents is 1. The fourth-order valence-corrected chi connectivity index (χ4v) is 3.65. The molecule has 0 spiro atoms. The Morgan fingerprint density at radius 1 is 1.11 bits per heavy atom. The standard InChI is InChI=1S/C21H22N2O5/c1-21(2)12-27-20(28-13-21)18-16-5-3-4-6-17(16)22(19(18)24)11-14-7-9-15(10-8-14)23(25)26/h3-10,18,20H,11-13H2,1-2H3. The highest BCUT2D eigenvalue weighted by Crippen LogP contribution is 2.42. The third-order valence-electron chi connectivity index (χ3n) is 5.13. The molecule has 7 heteroatoms. The SMILES string of the molecule is CC1(C)COC(C2C(=O)N(Cc3ccc([N+](=O)[O-])cc3)c3ccccc32)OC1. The van der Waals surface area contributed by atoms with Gasteiger partial charge >= 0.3 is 0 Å². The van der Waals surface area contributed by atoms with Crippen molar-refractivity contribution in [1.29, 1.82) is 0 Å². The Bertz CT molecular complexity index is 899. The summed E-state index contributed by atoms with van der Waals surface area (Å²) in [6, 6.07) is 13.9. The zero-order valence-electron chi connectivity index (χ0n) is 15.8. The summed E-state index contributed by atoms with van der Waals surface area (Å²) in [6.07, 6.45) is -0.608. The Kier molecular flexibility index (Phi) is 4.64. The van der Waals surface area contributed by atoms with Gasteiger partial charge in [-0.15, -0.1) is 0 Å². The van der Waals surface area contributed by atoms with Crippen molar-refractivity contribution in [3.63, 3.8) is 0 Å². The first kappa shape index (κ1) is 18.6. The molecule has 2 aliphatic heterocycles. The molecule has 1 unspecified atom stereocenters. The number of nitrogens with zero attached hydrogens (tertiary/aromatic N) is 2. The van der Waals surface area contributed by atoms with Crippen LogP contribution in [0.15, 0.2) is 48.5 Å². The van der Waals surface area contributed by atoms with Gasteiger partial charge in [-0.3, -0.25) is 14.9 Å². The summed E-state index contributed by atoms with van der Waals surface area (Å²) in [5.74, 6) is -0.588. The first-order valence-electron chi connectivity index (χ1n) is 9.23. The van der Waals surface area contributed by atoms with E-state index in [0.29, 0.717) is 19.8 Å². The molecule has 0 aliphatic carbocycles. The number of ether oxygens (including phenoxy) is 2. The number of carbonyl (C=O) groups is 1. The first-order chi connectivity index (χ1) is 13.4. The average Bonchev–Trinajstić information content (AvgIpc) is 2.94. The molecule has 2 aromatic carbocycles. The molecule has 2 aromatic rings. The lowest BCUT2D eigenvalue weighted by molar-refractivity contribution is -0.384. The summed E-state index contributed by atoms with van der Waals surface area (Å²) >= 11 is 0. The van der Waals surface area contributed by atoms with Crippen LogP contribution in [0, 0.1) is 15.5 Å². The van der Waals surface area contributed by atoms with E-state index in [9.17, 15) is 14.9 Å². The summed E-state index contributed by atoms with van der Waals surface area (Å²) in [7, 11) is 0. The minimum absolute atomic E-state index is 0.0291. The van der Waals surface area contributed by atoms with E-state index >= 15 is 0 Å². The predicted molar refractivity (Wildman–Crippen MR) is 103 cm³/mol. The van der Waals surface area contributed by atoms with Crippen LogP contribution in [0.2, 0.25) is 0 Å². The largest absolute Gasteiger partial charge is 0.351 e. The molecule has 146 valence electrons. The van der Waals surface area contributed by atoms with Crippen LogP contribution >= 0.6 is 0 Å². The predicted octanol–water partition coefficient (Wildman–Crippen LogP) is 3.62. The molecule has 2 aliphatic rings. The number of anilines is 1. The van der Waals surface area contributed by atoms with E-state index in [1.54, 1.807) is 17.0 Å². The van der Waals surface area contributed by atoms with Crippen molar-refractivity contribution >= 4 is 17.3 Å². The number of benzene rings is 2. The molecule has 0 radical (unpaired) electrons. The van der Waals surface area contributed by atoms with Crippen LogP contribution < -0.4 is 4.90 Å². The number of fused-ring (bicyclic) bond motifs is 1. The van der Waals surface area contributed by atoms with Gasteiger partial charge in [-0.1, -0.05) is 44.2 Å². The second-order valence-corrected chi connectivity index (χ2v) is 8.04. The smallest absolute Gasteiger partial charge is 0.269 e. The summed E-state index contributed by atoms with van der Waals surface area (Å²) in [5, 5.41) is 10.8. The van der Waals surface area contributed by atoms with Crippen molar-refractivity contribution < 1.29 is 19.2 Å². The van der Waals surface area contributed by atoms with Gasteiger partial charge in [0.2, 0.25) is 5.91 Å². The third-order valence-corrected chi connectivity index (χ3v) is 5.13. The normalized spacial score (nSPS) is 21.6. The number of carbonyl (C=O) groups excluding carboxylic acids is 1. The summed E-state index contributed by atoms with van der Waals surface area (Å²) in [5.41, 5.74) is 2.49. The second kappa shape index (κ2) is 7.00. The molecular formula is C21H22N2O5. The van der Waals surface area contributed by atoms with E-state index in [4.69, 9.17) is 9.47 Å². The van der Waals surface area contributed by atoms with E-state index in [1.807, 2.05) is 24.3 Å². The van der Waals surface area contributed by atoms with E-state index < -0.39 is 17.1 Å². The minimum Gasteiger partial charge on any atom is -0.351 e. The van der Waals surface area contributed by atoms with Crippen LogP contribution in [-0.4, -0.2) is 30.3 Å². The van der Waals surface area contributed by atoms with E-state index in [2.05, 4.69) is 13.8 Å². The topological polar surface area (TPSA) is 81.9 Å². The zero-order valence-corrected chi connectivity index (χ0v) is 15.8. The van der Waals surface area contributed by atoms with Gasteiger partial charge in [-0.05, 0) is 17.2 Å². The van der Waals surface area contributed by atoms with Crippen molar-refractivity contribution in [3.8, 4) is 0 Å². The molecule has 1 amide bonds.